The molecule has 0 unspecified atom stereocenters. The van der Waals surface area contributed by atoms with Crippen molar-refractivity contribution in [3.05, 3.63) is 100 Å². The third kappa shape index (κ3) is 4.26. The molecule has 0 aliphatic carbocycles. The number of pyridine rings is 1. The maximum absolute atomic E-state index is 11.2. The van der Waals surface area contributed by atoms with Crippen LogP contribution >= 0.6 is 0 Å². The number of carboxylic acids is 1. The zero-order valence-corrected chi connectivity index (χ0v) is 15.8. The van der Waals surface area contributed by atoms with Crippen LogP contribution < -0.4 is 0 Å². The molecule has 3 aromatic rings. The molecule has 0 spiro atoms. The molecule has 0 amide bonds. The average molecular weight is 374 g/mol. The molecule has 2 N–H and O–H groups in total. The Morgan fingerprint density at radius 1 is 1.04 bits per heavy atom. The molecule has 2 aromatic carbocycles. The molecular weight excluding hydrogens is 352 g/mol. The molecule has 0 saturated heterocycles. The summed E-state index contributed by atoms with van der Waals surface area (Å²) in [5.41, 5.74) is 5.66. The van der Waals surface area contributed by atoms with E-state index >= 15 is 0 Å². The number of carboxylic acid groups (broad SMARTS) is 1. The lowest BCUT2D eigenvalue weighted by Gasteiger charge is -2.21. The Bertz CT molecular complexity index is 1010. The first kappa shape index (κ1) is 19.3. The summed E-state index contributed by atoms with van der Waals surface area (Å²) in [6.07, 6.45) is 2.16. The van der Waals surface area contributed by atoms with E-state index in [1.807, 2.05) is 56.3 Å². The van der Waals surface area contributed by atoms with E-state index in [0.717, 1.165) is 27.9 Å². The SMILES string of the molecule is Cc1cc(/C(C[C@H](c2ccc(C(=O)O)cc2)c2ccccc2C)=N\O)ccn1. The molecule has 142 valence electrons. The molecule has 1 atom stereocenters. The van der Waals surface area contributed by atoms with E-state index in [1.54, 1.807) is 18.3 Å². The fourth-order valence-corrected chi connectivity index (χ4v) is 3.38. The van der Waals surface area contributed by atoms with Gasteiger partial charge in [-0.1, -0.05) is 41.6 Å². The first-order valence-electron chi connectivity index (χ1n) is 9.02. The molecule has 5 heteroatoms. The zero-order chi connectivity index (χ0) is 20.1. The molecular formula is C23H22N2O3. The normalized spacial score (nSPS) is 12.6. The highest BCUT2D eigenvalue weighted by molar-refractivity contribution is 6.01. The van der Waals surface area contributed by atoms with Gasteiger partial charge in [-0.3, -0.25) is 4.98 Å². The number of oxime groups is 1. The van der Waals surface area contributed by atoms with Gasteiger partial charge in [0.1, 0.15) is 0 Å². The van der Waals surface area contributed by atoms with E-state index in [4.69, 9.17) is 0 Å². The van der Waals surface area contributed by atoms with Crippen LogP contribution in [0.4, 0.5) is 0 Å². The number of hydrogen-bond acceptors (Lipinski definition) is 4. The largest absolute Gasteiger partial charge is 0.478 e. The Morgan fingerprint density at radius 3 is 2.36 bits per heavy atom. The van der Waals surface area contributed by atoms with E-state index in [1.165, 1.54) is 0 Å². The second-order valence-electron chi connectivity index (χ2n) is 6.77. The van der Waals surface area contributed by atoms with Gasteiger partial charge < -0.3 is 10.3 Å². The number of rotatable bonds is 6. The lowest BCUT2D eigenvalue weighted by atomic mass is 9.83. The van der Waals surface area contributed by atoms with Crippen molar-refractivity contribution in [3.8, 4) is 0 Å². The van der Waals surface area contributed by atoms with Crippen molar-refractivity contribution in [2.45, 2.75) is 26.2 Å². The fraction of sp³-hybridized carbons (Fsp3) is 0.174. The maximum Gasteiger partial charge on any atom is 0.335 e. The summed E-state index contributed by atoms with van der Waals surface area (Å²) < 4.78 is 0. The number of aryl methyl sites for hydroxylation is 2. The summed E-state index contributed by atoms with van der Waals surface area (Å²) in [6, 6.07) is 18.6. The van der Waals surface area contributed by atoms with Crippen molar-refractivity contribution >= 4 is 11.7 Å². The van der Waals surface area contributed by atoms with E-state index in [0.29, 0.717) is 12.1 Å². The molecule has 0 saturated carbocycles. The van der Waals surface area contributed by atoms with E-state index in [9.17, 15) is 15.1 Å². The standard InChI is InChI=1S/C23H22N2O3/c1-15-5-3-4-6-20(15)21(17-7-9-18(10-8-17)23(26)27)14-22(25-28)19-11-12-24-16(2)13-19/h3-13,21,28H,14H2,1-2H3,(H,26,27)/b25-22-/t21-/m1/s1. The Labute approximate surface area is 164 Å². The van der Waals surface area contributed by atoms with Crippen LogP contribution in [-0.2, 0) is 0 Å². The van der Waals surface area contributed by atoms with Crippen LogP contribution in [0.15, 0.2) is 72.0 Å². The molecule has 5 nitrogen and oxygen atoms in total. The van der Waals surface area contributed by atoms with Gasteiger partial charge in [-0.15, -0.1) is 0 Å². The van der Waals surface area contributed by atoms with Gasteiger partial charge in [-0.25, -0.2) is 4.79 Å². The van der Waals surface area contributed by atoms with Crippen molar-refractivity contribution in [1.82, 2.24) is 4.98 Å². The van der Waals surface area contributed by atoms with Crippen molar-refractivity contribution in [1.29, 1.82) is 0 Å². The first-order chi connectivity index (χ1) is 13.5. The predicted molar refractivity (Wildman–Crippen MR) is 108 cm³/mol. The lowest BCUT2D eigenvalue weighted by molar-refractivity contribution is 0.0697. The Hall–Kier alpha value is -3.47. The van der Waals surface area contributed by atoms with Crippen LogP contribution in [-0.4, -0.2) is 27.0 Å². The molecule has 0 fully saturated rings. The highest BCUT2D eigenvalue weighted by Crippen LogP contribution is 2.32. The Kier molecular flexibility index (Phi) is 5.84. The van der Waals surface area contributed by atoms with Crippen LogP contribution in [0.1, 0.15) is 50.6 Å². The van der Waals surface area contributed by atoms with Gasteiger partial charge in [0.15, 0.2) is 0 Å². The number of benzene rings is 2. The van der Waals surface area contributed by atoms with Gasteiger partial charge in [0.2, 0.25) is 0 Å². The van der Waals surface area contributed by atoms with Crippen LogP contribution in [0, 0.1) is 13.8 Å². The number of aromatic nitrogens is 1. The molecule has 1 aromatic heterocycles. The molecule has 0 bridgehead atoms. The topological polar surface area (TPSA) is 82.8 Å². The minimum absolute atomic E-state index is 0.0802. The summed E-state index contributed by atoms with van der Waals surface area (Å²) in [5.74, 6) is -1.03. The Balaban J connectivity index is 2.03. The van der Waals surface area contributed by atoms with Gasteiger partial charge in [-0.2, -0.15) is 0 Å². The second kappa shape index (κ2) is 8.48. The van der Waals surface area contributed by atoms with Crippen LogP contribution in [0.5, 0.6) is 0 Å². The molecule has 0 aliphatic heterocycles. The highest BCUT2D eigenvalue weighted by atomic mass is 16.4. The smallest absolute Gasteiger partial charge is 0.335 e. The van der Waals surface area contributed by atoms with Crippen molar-refractivity contribution in [3.63, 3.8) is 0 Å². The van der Waals surface area contributed by atoms with Gasteiger partial charge in [-0.05, 0) is 54.8 Å². The van der Waals surface area contributed by atoms with Gasteiger partial charge >= 0.3 is 5.97 Å². The lowest BCUT2D eigenvalue weighted by Crippen LogP contribution is -2.12. The quantitative estimate of drug-likeness (QED) is 0.369. The van der Waals surface area contributed by atoms with Crippen LogP contribution in [0.2, 0.25) is 0 Å². The van der Waals surface area contributed by atoms with E-state index in [2.05, 4.69) is 16.2 Å². The molecule has 0 radical (unpaired) electrons. The zero-order valence-electron chi connectivity index (χ0n) is 15.8. The number of aromatic carboxylic acids is 1. The summed E-state index contributed by atoms with van der Waals surface area (Å²) in [6.45, 7) is 3.93. The van der Waals surface area contributed by atoms with E-state index in [-0.39, 0.29) is 11.5 Å². The number of carbonyl (C=O) groups is 1. The second-order valence-corrected chi connectivity index (χ2v) is 6.77. The summed E-state index contributed by atoms with van der Waals surface area (Å²) >= 11 is 0. The van der Waals surface area contributed by atoms with Gasteiger partial charge in [0, 0.05) is 29.8 Å². The molecule has 28 heavy (non-hydrogen) atoms. The monoisotopic (exact) mass is 374 g/mol. The van der Waals surface area contributed by atoms with Crippen LogP contribution in [0.25, 0.3) is 0 Å². The van der Waals surface area contributed by atoms with Gasteiger partial charge in [0.05, 0.1) is 11.3 Å². The number of nitrogens with zero attached hydrogens (tertiary/aromatic N) is 2. The Morgan fingerprint density at radius 2 is 1.75 bits per heavy atom. The van der Waals surface area contributed by atoms with Crippen molar-refractivity contribution < 1.29 is 15.1 Å². The van der Waals surface area contributed by atoms with E-state index < -0.39 is 5.97 Å². The summed E-state index contributed by atoms with van der Waals surface area (Å²) in [7, 11) is 0. The molecule has 1 heterocycles. The minimum atomic E-state index is -0.955. The third-order valence-corrected chi connectivity index (χ3v) is 4.87. The fourth-order valence-electron chi connectivity index (χ4n) is 3.38. The number of hydrogen-bond donors (Lipinski definition) is 2. The third-order valence-electron chi connectivity index (χ3n) is 4.87. The van der Waals surface area contributed by atoms with Gasteiger partial charge in [0.25, 0.3) is 0 Å². The summed E-state index contributed by atoms with van der Waals surface area (Å²) in [5, 5.41) is 22.4. The maximum atomic E-state index is 11.2. The molecule has 0 aliphatic rings. The minimum Gasteiger partial charge on any atom is -0.478 e. The highest BCUT2D eigenvalue weighted by Gasteiger charge is 2.20. The van der Waals surface area contributed by atoms with Crippen LogP contribution in [0.3, 0.4) is 0 Å². The van der Waals surface area contributed by atoms with Crippen molar-refractivity contribution in [2.75, 3.05) is 0 Å². The first-order valence-corrected chi connectivity index (χ1v) is 9.02. The average Bonchev–Trinajstić information content (AvgIpc) is 2.70. The summed E-state index contributed by atoms with van der Waals surface area (Å²) in [4.78, 5) is 15.4. The molecule has 3 rings (SSSR count). The van der Waals surface area contributed by atoms with Crippen molar-refractivity contribution in [2.24, 2.45) is 5.16 Å². The predicted octanol–water partition coefficient (Wildman–Crippen LogP) is 4.80.